The Bertz CT molecular complexity index is 583. The number of hydrogen-bond acceptors (Lipinski definition) is 2. The van der Waals surface area contributed by atoms with Crippen LogP contribution in [-0.4, -0.2) is 23.3 Å². The van der Waals surface area contributed by atoms with E-state index in [1.807, 2.05) is 12.1 Å². The molecule has 1 aromatic heterocycles. The van der Waals surface area contributed by atoms with E-state index in [2.05, 4.69) is 23.2 Å². The quantitative estimate of drug-likeness (QED) is 0.866. The van der Waals surface area contributed by atoms with Gasteiger partial charge in [-0.25, -0.2) is 0 Å². The van der Waals surface area contributed by atoms with Crippen molar-refractivity contribution >= 4 is 16.5 Å². The van der Waals surface area contributed by atoms with E-state index < -0.39 is 0 Å². The zero-order chi connectivity index (χ0) is 12.4. The largest absolute Gasteiger partial charge is 0.490 e. The molecule has 18 heavy (non-hydrogen) atoms. The molecule has 2 aromatic rings. The van der Waals surface area contributed by atoms with Gasteiger partial charge in [-0.15, -0.1) is 0 Å². The highest BCUT2D eigenvalue weighted by Gasteiger charge is 2.12. The molecule has 0 fully saturated rings. The number of allylic oxidation sites excluding steroid dienone is 2. The first-order chi connectivity index (χ1) is 8.88. The zero-order valence-corrected chi connectivity index (χ0v) is 10.3. The predicted molar refractivity (Wildman–Crippen MR) is 72.7 cm³/mol. The van der Waals surface area contributed by atoms with Crippen LogP contribution in [0.2, 0.25) is 0 Å². The van der Waals surface area contributed by atoms with Gasteiger partial charge in [0.25, 0.3) is 0 Å². The molecule has 3 nitrogen and oxygen atoms in total. The van der Waals surface area contributed by atoms with Gasteiger partial charge in [-0.05, 0) is 43.0 Å². The van der Waals surface area contributed by atoms with Crippen LogP contribution >= 0.6 is 0 Å². The van der Waals surface area contributed by atoms with E-state index in [0.717, 1.165) is 23.1 Å². The number of ether oxygens (including phenoxy) is 1. The van der Waals surface area contributed by atoms with Crippen LogP contribution in [0.25, 0.3) is 16.5 Å². The van der Waals surface area contributed by atoms with Crippen LogP contribution in [0.3, 0.4) is 0 Å². The lowest BCUT2D eigenvalue weighted by Gasteiger charge is -2.04. The molecule has 2 N–H and O–H groups in total. The fourth-order valence-electron chi connectivity index (χ4n) is 2.50. The lowest BCUT2D eigenvalue weighted by Crippen LogP contribution is -2.01. The molecule has 1 aliphatic carbocycles. The Balaban J connectivity index is 2.00. The minimum absolute atomic E-state index is 0.0405. The Kier molecular flexibility index (Phi) is 3.07. The SMILES string of the molecule is OCCOc1cccc2[nH]c(C3=CCCC3)cc12. The maximum absolute atomic E-state index is 8.84. The van der Waals surface area contributed by atoms with Gasteiger partial charge in [0.15, 0.2) is 0 Å². The molecule has 0 spiro atoms. The second-order valence-corrected chi connectivity index (χ2v) is 4.59. The fraction of sp³-hybridized carbons (Fsp3) is 0.333. The summed E-state index contributed by atoms with van der Waals surface area (Å²) in [6.45, 7) is 0.376. The Morgan fingerprint density at radius 2 is 2.28 bits per heavy atom. The molecule has 1 aromatic carbocycles. The van der Waals surface area contributed by atoms with Crippen molar-refractivity contribution in [3.05, 3.63) is 36.0 Å². The first kappa shape index (κ1) is 11.4. The first-order valence-electron chi connectivity index (χ1n) is 6.43. The summed E-state index contributed by atoms with van der Waals surface area (Å²) in [4.78, 5) is 3.44. The minimum Gasteiger partial charge on any atom is -0.490 e. The normalized spacial score (nSPS) is 15.1. The van der Waals surface area contributed by atoms with Gasteiger partial charge in [0, 0.05) is 16.6 Å². The lowest BCUT2D eigenvalue weighted by atomic mass is 10.1. The van der Waals surface area contributed by atoms with Crippen LogP contribution in [0, 0.1) is 0 Å². The highest BCUT2D eigenvalue weighted by Crippen LogP contribution is 2.32. The molecule has 3 rings (SSSR count). The molecule has 94 valence electrons. The number of aliphatic hydroxyl groups excluding tert-OH is 1. The van der Waals surface area contributed by atoms with Crippen molar-refractivity contribution in [1.29, 1.82) is 0 Å². The summed E-state index contributed by atoms with van der Waals surface area (Å²) in [5.41, 5.74) is 3.69. The van der Waals surface area contributed by atoms with Gasteiger partial charge in [-0.3, -0.25) is 0 Å². The van der Waals surface area contributed by atoms with Crippen molar-refractivity contribution in [3.63, 3.8) is 0 Å². The van der Waals surface area contributed by atoms with Crippen LogP contribution in [0.15, 0.2) is 30.3 Å². The molecule has 0 aliphatic heterocycles. The van der Waals surface area contributed by atoms with Gasteiger partial charge in [-0.2, -0.15) is 0 Å². The van der Waals surface area contributed by atoms with Crippen molar-refractivity contribution in [2.45, 2.75) is 19.3 Å². The van der Waals surface area contributed by atoms with Crippen molar-refractivity contribution in [2.75, 3.05) is 13.2 Å². The van der Waals surface area contributed by atoms with Gasteiger partial charge in [0.05, 0.1) is 6.61 Å². The van der Waals surface area contributed by atoms with Crippen molar-refractivity contribution in [3.8, 4) is 5.75 Å². The van der Waals surface area contributed by atoms with Gasteiger partial charge in [0.1, 0.15) is 12.4 Å². The van der Waals surface area contributed by atoms with Crippen LogP contribution in [0.5, 0.6) is 5.75 Å². The Labute approximate surface area is 106 Å². The smallest absolute Gasteiger partial charge is 0.128 e. The van der Waals surface area contributed by atoms with E-state index in [1.54, 1.807) is 0 Å². The fourth-order valence-corrected chi connectivity index (χ4v) is 2.50. The van der Waals surface area contributed by atoms with E-state index >= 15 is 0 Å². The summed E-state index contributed by atoms with van der Waals surface area (Å²) in [7, 11) is 0. The molecule has 0 saturated carbocycles. The Morgan fingerprint density at radius 3 is 3.06 bits per heavy atom. The summed E-state index contributed by atoms with van der Waals surface area (Å²) >= 11 is 0. The third-order valence-electron chi connectivity index (χ3n) is 3.36. The number of hydrogen-bond donors (Lipinski definition) is 2. The second kappa shape index (κ2) is 4.86. The lowest BCUT2D eigenvalue weighted by molar-refractivity contribution is 0.203. The Morgan fingerprint density at radius 1 is 1.33 bits per heavy atom. The third kappa shape index (κ3) is 2.02. The average Bonchev–Trinajstić information content (AvgIpc) is 3.03. The van der Waals surface area contributed by atoms with Gasteiger partial charge in [0.2, 0.25) is 0 Å². The number of aromatic nitrogens is 1. The summed E-state index contributed by atoms with van der Waals surface area (Å²) in [5, 5.41) is 9.93. The topological polar surface area (TPSA) is 45.2 Å². The molecule has 0 radical (unpaired) electrons. The maximum atomic E-state index is 8.84. The highest BCUT2D eigenvalue weighted by molar-refractivity contribution is 5.90. The summed E-state index contributed by atoms with van der Waals surface area (Å²) in [6.07, 6.45) is 5.88. The highest BCUT2D eigenvalue weighted by atomic mass is 16.5. The molecule has 0 saturated heterocycles. The maximum Gasteiger partial charge on any atom is 0.128 e. The van der Waals surface area contributed by atoms with E-state index in [0.29, 0.717) is 6.61 Å². The number of aromatic amines is 1. The summed E-state index contributed by atoms with van der Waals surface area (Å²) in [6, 6.07) is 8.12. The Hall–Kier alpha value is -1.74. The number of rotatable bonds is 4. The number of H-pyrrole nitrogens is 1. The van der Waals surface area contributed by atoms with Crippen molar-refractivity contribution in [2.24, 2.45) is 0 Å². The van der Waals surface area contributed by atoms with Crippen LogP contribution in [0.1, 0.15) is 25.0 Å². The first-order valence-corrected chi connectivity index (χ1v) is 6.43. The monoisotopic (exact) mass is 243 g/mol. The summed E-state index contributed by atoms with van der Waals surface area (Å²) < 4.78 is 5.55. The minimum atomic E-state index is 0.0405. The molecular weight excluding hydrogens is 226 g/mol. The zero-order valence-electron chi connectivity index (χ0n) is 10.3. The average molecular weight is 243 g/mol. The van der Waals surface area contributed by atoms with E-state index in [-0.39, 0.29) is 6.61 Å². The second-order valence-electron chi connectivity index (χ2n) is 4.59. The molecular formula is C15H17NO2. The number of nitrogens with one attached hydrogen (secondary N) is 1. The molecule has 1 heterocycles. The van der Waals surface area contributed by atoms with Crippen LogP contribution < -0.4 is 4.74 Å². The molecule has 0 bridgehead atoms. The van der Waals surface area contributed by atoms with Crippen molar-refractivity contribution < 1.29 is 9.84 Å². The van der Waals surface area contributed by atoms with E-state index in [4.69, 9.17) is 9.84 Å². The third-order valence-corrected chi connectivity index (χ3v) is 3.36. The van der Waals surface area contributed by atoms with Crippen molar-refractivity contribution in [1.82, 2.24) is 4.98 Å². The molecule has 1 aliphatic rings. The van der Waals surface area contributed by atoms with E-state index in [1.165, 1.54) is 24.1 Å². The molecule has 0 atom stereocenters. The van der Waals surface area contributed by atoms with Crippen LogP contribution in [0.4, 0.5) is 0 Å². The standard InChI is InChI=1S/C15H17NO2/c17-8-9-18-15-7-3-6-13-12(15)10-14(16-13)11-4-1-2-5-11/h3-4,6-7,10,16-17H,1-2,5,8-9H2. The number of benzene rings is 1. The molecule has 0 amide bonds. The van der Waals surface area contributed by atoms with Gasteiger partial charge < -0.3 is 14.8 Å². The predicted octanol–water partition coefficient (Wildman–Crippen LogP) is 3.11. The number of aliphatic hydroxyl groups is 1. The van der Waals surface area contributed by atoms with Crippen LogP contribution in [-0.2, 0) is 0 Å². The van der Waals surface area contributed by atoms with Gasteiger partial charge >= 0.3 is 0 Å². The van der Waals surface area contributed by atoms with Gasteiger partial charge in [-0.1, -0.05) is 12.1 Å². The number of fused-ring (bicyclic) bond motifs is 1. The molecule has 3 heteroatoms. The molecule has 0 unspecified atom stereocenters. The summed E-state index contributed by atoms with van der Waals surface area (Å²) in [5.74, 6) is 0.836. The van der Waals surface area contributed by atoms with E-state index in [9.17, 15) is 0 Å².